The number of nitrogens with one attached hydrogen (secondary N) is 1. The van der Waals surface area contributed by atoms with Gasteiger partial charge in [0.15, 0.2) is 0 Å². The van der Waals surface area contributed by atoms with Crippen LogP contribution < -0.4 is 5.32 Å². The topological polar surface area (TPSA) is 15.3 Å². The molecule has 0 bridgehead atoms. The van der Waals surface area contributed by atoms with Crippen LogP contribution in [0.2, 0.25) is 4.34 Å². The van der Waals surface area contributed by atoms with E-state index >= 15 is 0 Å². The molecular formula is C13H21ClN2S. The average Bonchev–Trinajstić information content (AvgIpc) is 2.64. The van der Waals surface area contributed by atoms with Crippen molar-refractivity contribution in [3.05, 3.63) is 21.3 Å². The van der Waals surface area contributed by atoms with E-state index in [-0.39, 0.29) is 0 Å². The highest BCUT2D eigenvalue weighted by Crippen LogP contribution is 2.30. The minimum Gasteiger partial charge on any atom is -0.313 e. The Balaban J connectivity index is 2.04. The first-order valence-corrected chi connectivity index (χ1v) is 7.62. The molecule has 96 valence electrons. The smallest absolute Gasteiger partial charge is 0.0931 e. The van der Waals surface area contributed by atoms with Gasteiger partial charge >= 0.3 is 0 Å². The Morgan fingerprint density at radius 1 is 1.59 bits per heavy atom. The SMILES string of the molecule is CCC1CN(C(C)c2ccc(Cl)s2)CCCN1. The van der Waals surface area contributed by atoms with Crippen LogP contribution in [0.1, 0.15) is 37.6 Å². The Labute approximate surface area is 113 Å². The Morgan fingerprint density at radius 2 is 2.41 bits per heavy atom. The lowest BCUT2D eigenvalue weighted by atomic mass is 10.1. The second-order valence-electron chi connectivity index (χ2n) is 4.73. The molecule has 0 amide bonds. The van der Waals surface area contributed by atoms with Gasteiger partial charge in [-0.1, -0.05) is 18.5 Å². The van der Waals surface area contributed by atoms with Crippen molar-refractivity contribution in [1.29, 1.82) is 0 Å². The normalized spacial score (nSPS) is 24.5. The summed E-state index contributed by atoms with van der Waals surface area (Å²) in [6, 6.07) is 5.29. The zero-order valence-corrected chi connectivity index (χ0v) is 12.2. The monoisotopic (exact) mass is 272 g/mol. The lowest BCUT2D eigenvalue weighted by Gasteiger charge is -2.29. The van der Waals surface area contributed by atoms with E-state index in [0.717, 1.165) is 17.4 Å². The predicted molar refractivity (Wildman–Crippen MR) is 76.0 cm³/mol. The van der Waals surface area contributed by atoms with Crippen molar-refractivity contribution >= 4 is 22.9 Å². The van der Waals surface area contributed by atoms with Crippen molar-refractivity contribution < 1.29 is 0 Å². The fourth-order valence-electron chi connectivity index (χ4n) is 2.39. The summed E-state index contributed by atoms with van der Waals surface area (Å²) in [5, 5.41) is 3.61. The quantitative estimate of drug-likeness (QED) is 0.906. The summed E-state index contributed by atoms with van der Waals surface area (Å²) in [6.45, 7) is 8.02. The zero-order chi connectivity index (χ0) is 12.3. The summed E-state index contributed by atoms with van der Waals surface area (Å²) in [4.78, 5) is 3.96. The highest BCUT2D eigenvalue weighted by atomic mass is 35.5. The lowest BCUT2D eigenvalue weighted by Crippen LogP contribution is -2.38. The van der Waals surface area contributed by atoms with Gasteiger partial charge in [0, 0.05) is 30.1 Å². The zero-order valence-electron chi connectivity index (χ0n) is 10.6. The third-order valence-electron chi connectivity index (χ3n) is 3.56. The van der Waals surface area contributed by atoms with Gasteiger partial charge in [-0.25, -0.2) is 0 Å². The first-order valence-electron chi connectivity index (χ1n) is 6.43. The third-order valence-corrected chi connectivity index (χ3v) is 4.96. The van der Waals surface area contributed by atoms with Crippen LogP contribution in [0.4, 0.5) is 0 Å². The van der Waals surface area contributed by atoms with E-state index in [0.29, 0.717) is 12.1 Å². The molecule has 2 rings (SSSR count). The minimum atomic E-state index is 0.487. The van der Waals surface area contributed by atoms with Crippen molar-refractivity contribution in [3.63, 3.8) is 0 Å². The molecule has 1 aliphatic heterocycles. The largest absolute Gasteiger partial charge is 0.313 e. The molecule has 1 saturated heterocycles. The molecule has 1 N–H and O–H groups in total. The van der Waals surface area contributed by atoms with Crippen molar-refractivity contribution in [2.24, 2.45) is 0 Å². The van der Waals surface area contributed by atoms with Crippen LogP contribution in [0.5, 0.6) is 0 Å². The van der Waals surface area contributed by atoms with Crippen molar-refractivity contribution in [2.75, 3.05) is 19.6 Å². The predicted octanol–water partition coefficient (Wildman–Crippen LogP) is 3.54. The summed E-state index contributed by atoms with van der Waals surface area (Å²) >= 11 is 7.73. The van der Waals surface area contributed by atoms with Crippen molar-refractivity contribution in [1.82, 2.24) is 10.2 Å². The Kier molecular flexibility index (Phi) is 4.86. The van der Waals surface area contributed by atoms with Crippen LogP contribution in [-0.4, -0.2) is 30.6 Å². The number of hydrogen-bond acceptors (Lipinski definition) is 3. The van der Waals surface area contributed by atoms with Gasteiger partial charge in [-0.05, 0) is 38.4 Å². The van der Waals surface area contributed by atoms with Crippen LogP contribution >= 0.6 is 22.9 Å². The van der Waals surface area contributed by atoms with E-state index in [9.17, 15) is 0 Å². The van der Waals surface area contributed by atoms with E-state index in [1.54, 1.807) is 11.3 Å². The Hall–Kier alpha value is -0.0900. The summed E-state index contributed by atoms with van der Waals surface area (Å²) in [5.41, 5.74) is 0. The second kappa shape index (κ2) is 6.19. The number of nitrogens with zero attached hydrogens (tertiary/aromatic N) is 1. The van der Waals surface area contributed by atoms with Gasteiger partial charge in [-0.15, -0.1) is 11.3 Å². The number of rotatable bonds is 3. The molecule has 0 spiro atoms. The highest BCUT2D eigenvalue weighted by Gasteiger charge is 2.22. The number of halogens is 1. The van der Waals surface area contributed by atoms with Crippen molar-refractivity contribution in [3.8, 4) is 0 Å². The fraction of sp³-hybridized carbons (Fsp3) is 0.692. The third kappa shape index (κ3) is 3.44. The average molecular weight is 273 g/mol. The van der Waals surface area contributed by atoms with Crippen molar-refractivity contribution in [2.45, 2.75) is 38.8 Å². The molecule has 17 heavy (non-hydrogen) atoms. The van der Waals surface area contributed by atoms with Crippen LogP contribution in [-0.2, 0) is 0 Å². The maximum absolute atomic E-state index is 6.02. The number of hydrogen-bond donors (Lipinski definition) is 1. The van der Waals surface area contributed by atoms with Crippen LogP contribution in [0.25, 0.3) is 0 Å². The molecule has 0 radical (unpaired) electrons. The Bertz CT molecular complexity index is 353. The van der Waals surface area contributed by atoms with Gasteiger partial charge in [0.2, 0.25) is 0 Å². The molecule has 0 saturated carbocycles. The Morgan fingerprint density at radius 3 is 3.06 bits per heavy atom. The standard InChI is InChI=1S/C13H21ClN2S/c1-3-11-9-16(8-4-7-15-11)10(2)12-5-6-13(14)17-12/h5-6,10-11,15H,3-4,7-9H2,1-2H3. The van der Waals surface area contributed by atoms with Gasteiger partial charge in [-0.3, -0.25) is 4.90 Å². The molecule has 4 heteroatoms. The molecule has 1 fully saturated rings. The maximum atomic E-state index is 6.02. The maximum Gasteiger partial charge on any atom is 0.0931 e. The lowest BCUT2D eigenvalue weighted by molar-refractivity contribution is 0.208. The molecule has 1 aliphatic rings. The van der Waals surface area contributed by atoms with E-state index < -0.39 is 0 Å². The molecule has 2 nitrogen and oxygen atoms in total. The van der Waals surface area contributed by atoms with E-state index in [1.807, 2.05) is 6.07 Å². The van der Waals surface area contributed by atoms with Gasteiger partial charge in [0.25, 0.3) is 0 Å². The van der Waals surface area contributed by atoms with Gasteiger partial charge < -0.3 is 5.32 Å². The molecule has 1 aromatic rings. The van der Waals surface area contributed by atoms with E-state index in [1.165, 1.54) is 24.3 Å². The molecule has 1 aromatic heterocycles. The first kappa shape index (κ1) is 13.3. The van der Waals surface area contributed by atoms with Crippen LogP contribution in [0.15, 0.2) is 12.1 Å². The molecule has 2 atom stereocenters. The summed E-state index contributed by atoms with van der Waals surface area (Å²) in [5.74, 6) is 0. The summed E-state index contributed by atoms with van der Waals surface area (Å²) in [7, 11) is 0. The van der Waals surface area contributed by atoms with Crippen LogP contribution in [0.3, 0.4) is 0 Å². The molecule has 0 aromatic carbocycles. The van der Waals surface area contributed by atoms with E-state index in [4.69, 9.17) is 11.6 Å². The molecular weight excluding hydrogens is 252 g/mol. The van der Waals surface area contributed by atoms with Gasteiger partial charge in [0.1, 0.15) is 0 Å². The summed E-state index contributed by atoms with van der Waals surface area (Å²) < 4.78 is 0.895. The van der Waals surface area contributed by atoms with Crippen LogP contribution in [0, 0.1) is 0 Å². The molecule has 2 unspecified atom stereocenters. The second-order valence-corrected chi connectivity index (χ2v) is 6.47. The van der Waals surface area contributed by atoms with Gasteiger partial charge in [-0.2, -0.15) is 0 Å². The summed E-state index contributed by atoms with van der Waals surface area (Å²) in [6.07, 6.45) is 2.44. The van der Waals surface area contributed by atoms with Gasteiger partial charge in [0.05, 0.1) is 4.34 Å². The van der Waals surface area contributed by atoms with E-state index in [2.05, 4.69) is 30.1 Å². The highest BCUT2D eigenvalue weighted by molar-refractivity contribution is 7.16. The molecule has 2 heterocycles. The molecule has 0 aliphatic carbocycles. The number of thiophene rings is 1. The first-order chi connectivity index (χ1) is 8.20. The fourth-order valence-corrected chi connectivity index (χ4v) is 3.53. The minimum absolute atomic E-state index is 0.487.